The minimum absolute atomic E-state index is 0.152. The monoisotopic (exact) mass is 254 g/mol. The summed E-state index contributed by atoms with van der Waals surface area (Å²) >= 11 is 0. The van der Waals surface area contributed by atoms with Gasteiger partial charge in [0.05, 0.1) is 6.10 Å². The molecule has 2 rings (SSSR count). The van der Waals surface area contributed by atoms with E-state index in [1.807, 2.05) is 0 Å². The fourth-order valence-electron chi connectivity index (χ4n) is 3.09. The molecule has 1 aliphatic heterocycles. The van der Waals surface area contributed by atoms with Gasteiger partial charge >= 0.3 is 0 Å². The molecule has 0 radical (unpaired) electrons. The summed E-state index contributed by atoms with van der Waals surface area (Å²) in [5.41, 5.74) is 0. The molecule has 0 bridgehead atoms. The molecule has 3 N–H and O–H groups in total. The Labute approximate surface area is 110 Å². The van der Waals surface area contributed by atoms with Crippen molar-refractivity contribution in [2.75, 3.05) is 19.6 Å². The van der Waals surface area contributed by atoms with Gasteiger partial charge in [-0.25, -0.2) is 0 Å². The van der Waals surface area contributed by atoms with E-state index in [-0.39, 0.29) is 17.9 Å². The van der Waals surface area contributed by atoms with Crippen molar-refractivity contribution in [3.63, 3.8) is 0 Å². The van der Waals surface area contributed by atoms with Gasteiger partial charge in [-0.05, 0) is 51.1 Å². The van der Waals surface area contributed by atoms with E-state index in [4.69, 9.17) is 0 Å². The number of hydrogen-bond acceptors (Lipinski definition) is 3. The Kier molecular flexibility index (Phi) is 5.45. The van der Waals surface area contributed by atoms with E-state index in [0.717, 1.165) is 38.8 Å². The largest absolute Gasteiger partial charge is 0.393 e. The summed E-state index contributed by atoms with van der Waals surface area (Å²) in [7, 11) is 0. The van der Waals surface area contributed by atoms with E-state index >= 15 is 0 Å². The Morgan fingerprint density at radius 2 is 2.17 bits per heavy atom. The van der Waals surface area contributed by atoms with Crippen LogP contribution in [0.15, 0.2) is 0 Å². The van der Waals surface area contributed by atoms with Gasteiger partial charge in [-0.3, -0.25) is 4.79 Å². The second-order valence-corrected chi connectivity index (χ2v) is 5.81. The second-order valence-electron chi connectivity index (χ2n) is 5.81. The number of carbonyl (C=O) groups is 1. The lowest BCUT2D eigenvalue weighted by atomic mass is 9.94. The molecule has 0 aromatic rings. The highest BCUT2D eigenvalue weighted by atomic mass is 16.3. The molecule has 1 amide bonds. The first-order valence-electron chi connectivity index (χ1n) is 7.41. The normalized spacial score (nSPS) is 32.4. The zero-order valence-corrected chi connectivity index (χ0v) is 11.2. The molecule has 3 unspecified atom stereocenters. The maximum absolute atomic E-state index is 11.7. The Hall–Kier alpha value is -0.610. The predicted octanol–water partition coefficient (Wildman–Crippen LogP) is 1.04. The summed E-state index contributed by atoms with van der Waals surface area (Å²) in [5.74, 6) is 1.10. The van der Waals surface area contributed by atoms with Gasteiger partial charge in [-0.2, -0.15) is 0 Å². The third kappa shape index (κ3) is 4.25. The average molecular weight is 254 g/mol. The zero-order valence-electron chi connectivity index (χ0n) is 11.2. The van der Waals surface area contributed by atoms with E-state index in [1.165, 1.54) is 12.8 Å². The lowest BCUT2D eigenvalue weighted by molar-refractivity contribution is -0.121. The summed E-state index contributed by atoms with van der Waals surface area (Å²) < 4.78 is 0. The minimum Gasteiger partial charge on any atom is -0.393 e. The quantitative estimate of drug-likeness (QED) is 0.687. The number of hydrogen-bond donors (Lipinski definition) is 3. The Bertz CT molecular complexity index is 265. The molecule has 104 valence electrons. The molecular formula is C14H26N2O2. The van der Waals surface area contributed by atoms with Crippen LogP contribution in [0.5, 0.6) is 0 Å². The highest BCUT2D eigenvalue weighted by Crippen LogP contribution is 2.24. The fraction of sp³-hybridized carbons (Fsp3) is 0.929. The zero-order chi connectivity index (χ0) is 12.8. The van der Waals surface area contributed by atoms with Crippen molar-refractivity contribution in [3.05, 3.63) is 0 Å². The van der Waals surface area contributed by atoms with Crippen LogP contribution in [0.2, 0.25) is 0 Å². The Morgan fingerprint density at radius 3 is 2.83 bits per heavy atom. The maximum Gasteiger partial charge on any atom is 0.220 e. The number of nitrogens with one attached hydrogen (secondary N) is 2. The van der Waals surface area contributed by atoms with E-state index in [2.05, 4.69) is 10.6 Å². The van der Waals surface area contributed by atoms with Crippen LogP contribution in [0.25, 0.3) is 0 Å². The van der Waals surface area contributed by atoms with Crippen molar-refractivity contribution in [1.29, 1.82) is 0 Å². The van der Waals surface area contributed by atoms with Gasteiger partial charge in [0.1, 0.15) is 0 Å². The summed E-state index contributed by atoms with van der Waals surface area (Å²) in [6.07, 6.45) is 6.95. The van der Waals surface area contributed by atoms with Gasteiger partial charge in [0, 0.05) is 18.9 Å². The van der Waals surface area contributed by atoms with Crippen molar-refractivity contribution >= 4 is 5.91 Å². The van der Waals surface area contributed by atoms with E-state index in [0.29, 0.717) is 18.9 Å². The molecule has 2 fully saturated rings. The number of aliphatic hydroxyl groups excluding tert-OH is 1. The minimum atomic E-state index is -0.201. The second kappa shape index (κ2) is 7.10. The molecular weight excluding hydrogens is 228 g/mol. The van der Waals surface area contributed by atoms with Crippen LogP contribution in [-0.2, 0) is 4.79 Å². The summed E-state index contributed by atoms with van der Waals surface area (Å²) in [6, 6.07) is 0. The number of piperidine rings is 1. The van der Waals surface area contributed by atoms with Crippen LogP contribution in [-0.4, -0.2) is 36.8 Å². The van der Waals surface area contributed by atoms with Crippen molar-refractivity contribution in [3.8, 4) is 0 Å². The van der Waals surface area contributed by atoms with Gasteiger partial charge in [-0.1, -0.05) is 6.42 Å². The van der Waals surface area contributed by atoms with Gasteiger partial charge in [0.2, 0.25) is 5.91 Å². The lowest BCUT2D eigenvalue weighted by Gasteiger charge is -2.22. The molecule has 0 spiro atoms. The molecule has 4 heteroatoms. The van der Waals surface area contributed by atoms with Gasteiger partial charge in [-0.15, -0.1) is 0 Å². The van der Waals surface area contributed by atoms with Crippen LogP contribution >= 0.6 is 0 Å². The number of rotatable bonds is 5. The molecule has 1 heterocycles. The third-order valence-electron chi connectivity index (χ3n) is 4.36. The van der Waals surface area contributed by atoms with Crippen LogP contribution in [0.1, 0.15) is 44.9 Å². The molecule has 0 aromatic heterocycles. The van der Waals surface area contributed by atoms with Gasteiger partial charge in [0.25, 0.3) is 0 Å². The van der Waals surface area contributed by atoms with Crippen molar-refractivity contribution in [2.24, 2.45) is 11.8 Å². The first-order valence-corrected chi connectivity index (χ1v) is 7.41. The van der Waals surface area contributed by atoms with E-state index in [9.17, 15) is 9.90 Å². The number of aliphatic hydroxyl groups is 1. The lowest BCUT2D eigenvalue weighted by Crippen LogP contribution is -2.34. The van der Waals surface area contributed by atoms with E-state index in [1.54, 1.807) is 0 Å². The molecule has 1 saturated heterocycles. The van der Waals surface area contributed by atoms with Crippen LogP contribution < -0.4 is 10.6 Å². The summed E-state index contributed by atoms with van der Waals surface area (Å²) in [6.45, 7) is 2.85. The standard InChI is InChI=1S/C14H26N2O2/c17-13-5-1-4-12(13)10-16-14(18)7-6-11-3-2-8-15-9-11/h11-13,15,17H,1-10H2,(H,16,18). The first-order chi connectivity index (χ1) is 8.75. The topological polar surface area (TPSA) is 61.4 Å². The molecule has 3 atom stereocenters. The van der Waals surface area contributed by atoms with Crippen molar-refractivity contribution in [1.82, 2.24) is 10.6 Å². The molecule has 1 saturated carbocycles. The highest BCUT2D eigenvalue weighted by Gasteiger charge is 2.25. The Morgan fingerprint density at radius 1 is 1.28 bits per heavy atom. The molecule has 2 aliphatic rings. The highest BCUT2D eigenvalue weighted by molar-refractivity contribution is 5.75. The third-order valence-corrected chi connectivity index (χ3v) is 4.36. The average Bonchev–Trinajstić information content (AvgIpc) is 2.81. The predicted molar refractivity (Wildman–Crippen MR) is 71.2 cm³/mol. The molecule has 4 nitrogen and oxygen atoms in total. The first kappa shape index (κ1) is 13.8. The van der Waals surface area contributed by atoms with E-state index < -0.39 is 0 Å². The molecule has 18 heavy (non-hydrogen) atoms. The molecule has 1 aliphatic carbocycles. The van der Waals surface area contributed by atoms with Crippen molar-refractivity contribution in [2.45, 2.75) is 51.0 Å². The smallest absolute Gasteiger partial charge is 0.220 e. The maximum atomic E-state index is 11.7. The van der Waals surface area contributed by atoms with Crippen LogP contribution in [0.3, 0.4) is 0 Å². The Balaban J connectivity index is 1.57. The number of carbonyl (C=O) groups excluding carboxylic acids is 1. The van der Waals surface area contributed by atoms with Gasteiger partial charge < -0.3 is 15.7 Å². The fourth-order valence-corrected chi connectivity index (χ4v) is 3.09. The molecule has 0 aromatic carbocycles. The summed E-state index contributed by atoms with van der Waals surface area (Å²) in [4.78, 5) is 11.7. The summed E-state index contributed by atoms with van der Waals surface area (Å²) in [5, 5.41) is 16.0. The number of amides is 1. The van der Waals surface area contributed by atoms with Crippen molar-refractivity contribution < 1.29 is 9.90 Å². The van der Waals surface area contributed by atoms with Gasteiger partial charge in [0.15, 0.2) is 0 Å². The van der Waals surface area contributed by atoms with Crippen LogP contribution in [0, 0.1) is 11.8 Å². The SMILES string of the molecule is O=C(CCC1CCCNC1)NCC1CCCC1O. The van der Waals surface area contributed by atoms with Crippen LogP contribution in [0.4, 0.5) is 0 Å².